The number of H-pyrrole nitrogens is 1. The number of hydrogen-bond acceptors (Lipinski definition) is 2. The second kappa shape index (κ2) is 6.08. The van der Waals surface area contributed by atoms with E-state index in [4.69, 9.17) is 12.2 Å². The normalized spacial score (nSPS) is 10.6. The summed E-state index contributed by atoms with van der Waals surface area (Å²) in [5, 5.41) is 0. The minimum Gasteiger partial charge on any atom is -0.342 e. The van der Waals surface area contributed by atoms with Crippen molar-refractivity contribution in [2.24, 2.45) is 0 Å². The second-order valence-electron chi connectivity index (χ2n) is 3.94. The third kappa shape index (κ3) is 3.08. The number of nitrogens with zero attached hydrogens (tertiary/aromatic N) is 1. The molecule has 0 aliphatic carbocycles. The van der Waals surface area contributed by atoms with Gasteiger partial charge in [0.05, 0.1) is 4.47 Å². The molecule has 94 valence electrons. The van der Waals surface area contributed by atoms with E-state index in [1.54, 1.807) is 0 Å². The highest BCUT2D eigenvalue weighted by Gasteiger charge is 2.07. The molecule has 2 rings (SSSR count). The maximum Gasteiger partial charge on any atom is 0.144 e. The average molecular weight is 388 g/mol. The minimum atomic E-state index is 0.604. The Labute approximate surface area is 128 Å². The molecule has 2 aromatic rings. The third-order valence-electron chi connectivity index (χ3n) is 2.53. The zero-order valence-corrected chi connectivity index (χ0v) is 13.8. The third-order valence-corrected chi connectivity index (χ3v) is 4.44. The largest absolute Gasteiger partial charge is 0.342 e. The number of nitrogens with one attached hydrogen (secondary N) is 1. The molecule has 5 heteroatoms. The van der Waals surface area contributed by atoms with E-state index in [1.807, 2.05) is 24.3 Å². The van der Waals surface area contributed by atoms with Gasteiger partial charge in [0, 0.05) is 15.7 Å². The van der Waals surface area contributed by atoms with Gasteiger partial charge in [-0.2, -0.15) is 0 Å². The zero-order valence-electron chi connectivity index (χ0n) is 9.84. The lowest BCUT2D eigenvalue weighted by Gasteiger charge is -2.08. The van der Waals surface area contributed by atoms with Gasteiger partial charge < -0.3 is 4.98 Å². The van der Waals surface area contributed by atoms with Crippen molar-refractivity contribution in [3.8, 4) is 11.4 Å². The van der Waals surface area contributed by atoms with Crippen LogP contribution in [0.5, 0.6) is 0 Å². The van der Waals surface area contributed by atoms with Crippen LogP contribution in [0.4, 0.5) is 0 Å². The summed E-state index contributed by atoms with van der Waals surface area (Å²) < 4.78 is 2.53. The molecule has 0 spiro atoms. The Morgan fingerprint density at radius 2 is 2.11 bits per heavy atom. The van der Waals surface area contributed by atoms with Gasteiger partial charge in [-0.05, 0) is 34.5 Å². The minimum absolute atomic E-state index is 0.604. The SMILES string of the molecule is CCCc1[nH]c(-c2cccc(Br)c2)nc(=S)c1Br. The Morgan fingerprint density at radius 1 is 1.33 bits per heavy atom. The molecule has 2 nitrogen and oxygen atoms in total. The van der Waals surface area contributed by atoms with Crippen LogP contribution in [-0.2, 0) is 6.42 Å². The summed E-state index contributed by atoms with van der Waals surface area (Å²) in [7, 11) is 0. The highest BCUT2D eigenvalue weighted by molar-refractivity contribution is 9.10. The molecule has 0 fully saturated rings. The Balaban J connectivity index is 2.55. The van der Waals surface area contributed by atoms with Gasteiger partial charge in [0.1, 0.15) is 10.5 Å². The van der Waals surface area contributed by atoms with Gasteiger partial charge in [0.15, 0.2) is 0 Å². The first-order valence-corrected chi connectivity index (χ1v) is 7.66. The first-order chi connectivity index (χ1) is 8.61. The molecule has 0 aliphatic rings. The molecule has 1 N–H and O–H groups in total. The molecule has 0 amide bonds. The monoisotopic (exact) mass is 386 g/mol. The molecule has 1 heterocycles. The van der Waals surface area contributed by atoms with Gasteiger partial charge in [0.2, 0.25) is 0 Å². The topological polar surface area (TPSA) is 28.7 Å². The summed E-state index contributed by atoms with van der Waals surface area (Å²) in [5.41, 5.74) is 2.13. The summed E-state index contributed by atoms with van der Waals surface area (Å²) in [4.78, 5) is 7.77. The van der Waals surface area contributed by atoms with Gasteiger partial charge in [-0.25, -0.2) is 4.98 Å². The summed E-state index contributed by atoms with van der Waals surface area (Å²) in [5.74, 6) is 0.813. The number of aryl methyl sites for hydroxylation is 1. The fourth-order valence-corrected chi connectivity index (χ4v) is 2.70. The number of halogens is 2. The Bertz CT molecular complexity index is 623. The van der Waals surface area contributed by atoms with Crippen molar-refractivity contribution in [1.29, 1.82) is 0 Å². The van der Waals surface area contributed by atoms with Crippen LogP contribution in [0.1, 0.15) is 19.0 Å². The lowest BCUT2D eigenvalue weighted by Crippen LogP contribution is -1.98. The summed E-state index contributed by atoms with van der Waals surface area (Å²) >= 11 is 12.2. The van der Waals surface area contributed by atoms with Gasteiger partial charge in [-0.1, -0.05) is 53.6 Å². The number of aromatic nitrogens is 2. The predicted molar refractivity (Wildman–Crippen MR) is 84.3 cm³/mol. The van der Waals surface area contributed by atoms with Crippen molar-refractivity contribution in [3.63, 3.8) is 0 Å². The Hall–Kier alpha value is -0.520. The maximum absolute atomic E-state index is 5.29. The highest BCUT2D eigenvalue weighted by atomic mass is 79.9. The molecule has 0 saturated carbocycles. The highest BCUT2D eigenvalue weighted by Crippen LogP contribution is 2.24. The first-order valence-electron chi connectivity index (χ1n) is 5.66. The standard InChI is InChI=1S/C13H12Br2N2S/c1-2-4-10-11(15)13(18)17-12(16-10)8-5-3-6-9(14)7-8/h3,5-7H,2,4H2,1H3,(H,16,17,18). The molecule has 1 aromatic heterocycles. The summed E-state index contributed by atoms with van der Waals surface area (Å²) in [6.07, 6.45) is 2.01. The first kappa shape index (κ1) is 13.9. The van der Waals surface area contributed by atoms with Crippen LogP contribution in [0.25, 0.3) is 11.4 Å². The van der Waals surface area contributed by atoms with Gasteiger partial charge in [-0.3, -0.25) is 0 Å². The smallest absolute Gasteiger partial charge is 0.144 e. The van der Waals surface area contributed by atoms with Crippen LogP contribution in [0.15, 0.2) is 33.2 Å². The quantitative estimate of drug-likeness (QED) is 0.725. The molecular formula is C13H12Br2N2S. The molecular weight excluding hydrogens is 376 g/mol. The van der Waals surface area contributed by atoms with E-state index in [1.165, 1.54) is 0 Å². The number of rotatable bonds is 3. The van der Waals surface area contributed by atoms with E-state index in [-0.39, 0.29) is 0 Å². The fourth-order valence-electron chi connectivity index (χ4n) is 1.70. The number of hydrogen-bond donors (Lipinski definition) is 1. The molecule has 0 aliphatic heterocycles. The van der Waals surface area contributed by atoms with Crippen LogP contribution >= 0.6 is 44.1 Å². The van der Waals surface area contributed by atoms with E-state index in [2.05, 4.69) is 48.8 Å². The van der Waals surface area contributed by atoms with Crippen LogP contribution in [0, 0.1) is 4.64 Å². The molecule has 0 unspecified atom stereocenters. The Morgan fingerprint density at radius 3 is 2.78 bits per heavy atom. The van der Waals surface area contributed by atoms with Crippen LogP contribution in [0.3, 0.4) is 0 Å². The maximum atomic E-state index is 5.29. The summed E-state index contributed by atoms with van der Waals surface area (Å²) in [6, 6.07) is 8.02. The van der Waals surface area contributed by atoms with Crippen LogP contribution in [0.2, 0.25) is 0 Å². The summed E-state index contributed by atoms with van der Waals surface area (Å²) in [6.45, 7) is 2.14. The zero-order chi connectivity index (χ0) is 13.1. The van der Waals surface area contributed by atoms with Gasteiger partial charge >= 0.3 is 0 Å². The Kier molecular flexibility index (Phi) is 4.70. The molecule has 0 bridgehead atoms. The molecule has 1 aromatic carbocycles. The lowest BCUT2D eigenvalue weighted by atomic mass is 10.2. The molecule has 0 atom stereocenters. The average Bonchev–Trinajstić information content (AvgIpc) is 2.35. The van der Waals surface area contributed by atoms with Crippen molar-refractivity contribution < 1.29 is 0 Å². The van der Waals surface area contributed by atoms with Crippen molar-refractivity contribution in [2.45, 2.75) is 19.8 Å². The number of benzene rings is 1. The molecule has 0 radical (unpaired) electrons. The predicted octanol–water partition coefficient (Wildman–Crippen LogP) is 5.28. The van der Waals surface area contributed by atoms with E-state index in [9.17, 15) is 0 Å². The molecule has 18 heavy (non-hydrogen) atoms. The van der Waals surface area contributed by atoms with Crippen molar-refractivity contribution >= 4 is 44.1 Å². The van der Waals surface area contributed by atoms with E-state index >= 15 is 0 Å². The van der Waals surface area contributed by atoms with E-state index in [0.29, 0.717) is 4.64 Å². The van der Waals surface area contributed by atoms with E-state index < -0.39 is 0 Å². The fraction of sp³-hybridized carbons (Fsp3) is 0.231. The van der Waals surface area contributed by atoms with Gasteiger partial charge in [0.25, 0.3) is 0 Å². The van der Waals surface area contributed by atoms with Crippen LogP contribution in [-0.4, -0.2) is 9.97 Å². The van der Waals surface area contributed by atoms with E-state index in [0.717, 1.165) is 38.9 Å². The van der Waals surface area contributed by atoms with Gasteiger partial charge in [-0.15, -0.1) is 0 Å². The second-order valence-corrected chi connectivity index (χ2v) is 6.04. The number of aromatic amines is 1. The van der Waals surface area contributed by atoms with Crippen molar-refractivity contribution in [1.82, 2.24) is 9.97 Å². The molecule has 0 saturated heterocycles. The lowest BCUT2D eigenvalue weighted by molar-refractivity contribution is 0.865. The van der Waals surface area contributed by atoms with Crippen molar-refractivity contribution in [3.05, 3.63) is 43.5 Å². The van der Waals surface area contributed by atoms with Crippen LogP contribution < -0.4 is 0 Å². The van der Waals surface area contributed by atoms with Crippen molar-refractivity contribution in [2.75, 3.05) is 0 Å².